The van der Waals surface area contributed by atoms with Crippen LogP contribution in [0, 0.1) is 0 Å². The summed E-state index contributed by atoms with van der Waals surface area (Å²) in [6.45, 7) is 0. The lowest BCUT2D eigenvalue weighted by Gasteiger charge is -2.12. The maximum Gasteiger partial charge on any atom is 0.177 e. The Morgan fingerprint density at radius 1 is 0.591 bits per heavy atom. The smallest absolute Gasteiger partial charge is 0.177 e. The minimum absolute atomic E-state index is 0.357. The Hall–Kier alpha value is -2.84. The van der Waals surface area contributed by atoms with Gasteiger partial charge in [-0.2, -0.15) is 0 Å². The van der Waals surface area contributed by atoms with Crippen molar-refractivity contribution in [2.24, 2.45) is 0 Å². The molecule has 4 aromatic carbocycles. The van der Waals surface area contributed by atoms with E-state index in [1.807, 2.05) is 54.6 Å². The highest BCUT2D eigenvalue weighted by Gasteiger charge is 2.14. The molecule has 1 radical (unpaired) electrons. The Balaban J connectivity index is 2.16. The summed E-state index contributed by atoms with van der Waals surface area (Å²) in [5, 5.41) is 15.6. The summed E-state index contributed by atoms with van der Waals surface area (Å²) in [5.74, 6) is 0.357. The third-order valence-corrected chi connectivity index (χ3v) is 4.04. The third-order valence-electron chi connectivity index (χ3n) is 4.04. The van der Waals surface area contributed by atoms with Crippen molar-refractivity contribution in [3.8, 4) is 16.9 Å². The Bertz CT molecular complexity index is 968. The van der Waals surface area contributed by atoms with Crippen molar-refractivity contribution in [2.45, 2.75) is 0 Å². The van der Waals surface area contributed by atoms with E-state index < -0.39 is 0 Å². The molecule has 2 nitrogen and oxygen atoms in total. The van der Waals surface area contributed by atoms with Crippen LogP contribution in [0.5, 0.6) is 5.75 Å². The molecule has 0 amide bonds. The summed E-state index contributed by atoms with van der Waals surface area (Å²) in [5.41, 5.74) is 1.87. The molecule has 0 unspecified atom stereocenters. The molecule has 2 heteroatoms. The quantitative estimate of drug-likeness (QED) is 0.359. The van der Waals surface area contributed by atoms with Gasteiger partial charge in [0.15, 0.2) is 5.75 Å². The van der Waals surface area contributed by atoms with Gasteiger partial charge < -0.3 is 4.89 Å². The van der Waals surface area contributed by atoms with Crippen LogP contribution in [-0.2, 0) is 5.26 Å². The zero-order valence-corrected chi connectivity index (χ0v) is 11.8. The first-order chi connectivity index (χ1) is 10.9. The summed E-state index contributed by atoms with van der Waals surface area (Å²) in [6, 6.07) is 26.0. The van der Waals surface area contributed by atoms with Gasteiger partial charge in [-0.25, -0.2) is 0 Å². The van der Waals surface area contributed by atoms with Gasteiger partial charge in [0, 0.05) is 10.8 Å². The minimum atomic E-state index is 0.357. The van der Waals surface area contributed by atoms with Crippen LogP contribution in [0.4, 0.5) is 0 Å². The third kappa shape index (κ3) is 1.93. The van der Waals surface area contributed by atoms with Gasteiger partial charge in [0.05, 0.1) is 0 Å². The van der Waals surface area contributed by atoms with Gasteiger partial charge in [0.2, 0.25) is 0 Å². The lowest BCUT2D eigenvalue weighted by Crippen LogP contribution is -1.90. The lowest BCUT2D eigenvalue weighted by atomic mass is 9.93. The largest absolute Gasteiger partial charge is 0.305 e. The molecule has 0 saturated carbocycles. The minimum Gasteiger partial charge on any atom is -0.305 e. The van der Waals surface area contributed by atoms with E-state index in [0.29, 0.717) is 5.75 Å². The normalized spacial score (nSPS) is 11.0. The zero-order valence-electron chi connectivity index (χ0n) is 11.8. The number of benzene rings is 4. The van der Waals surface area contributed by atoms with E-state index in [-0.39, 0.29) is 0 Å². The summed E-state index contributed by atoms with van der Waals surface area (Å²) in [6.07, 6.45) is 0. The second-order valence-corrected chi connectivity index (χ2v) is 5.27. The number of hydrogen-bond acceptors (Lipinski definition) is 1. The van der Waals surface area contributed by atoms with E-state index in [1.54, 1.807) is 6.07 Å². The summed E-state index contributed by atoms with van der Waals surface area (Å²) < 4.78 is 0. The van der Waals surface area contributed by atoms with Crippen LogP contribution in [0.15, 0.2) is 78.9 Å². The second kappa shape index (κ2) is 5.17. The molecule has 0 N–H and O–H groups in total. The molecule has 4 rings (SSSR count). The van der Waals surface area contributed by atoms with Crippen molar-refractivity contribution in [2.75, 3.05) is 0 Å². The Labute approximate surface area is 128 Å². The molecule has 0 spiro atoms. The lowest BCUT2D eigenvalue weighted by molar-refractivity contribution is -0.208. The van der Waals surface area contributed by atoms with Gasteiger partial charge >= 0.3 is 0 Å². The highest BCUT2D eigenvalue weighted by Crippen LogP contribution is 2.40. The van der Waals surface area contributed by atoms with Crippen LogP contribution < -0.4 is 4.89 Å². The molecule has 105 valence electrons. The molecule has 22 heavy (non-hydrogen) atoms. The molecule has 4 aromatic rings. The highest BCUT2D eigenvalue weighted by atomic mass is 17.1. The van der Waals surface area contributed by atoms with E-state index >= 15 is 0 Å². The Morgan fingerprint density at radius 3 is 2.00 bits per heavy atom. The monoisotopic (exact) mass is 285 g/mol. The van der Waals surface area contributed by atoms with Crippen LogP contribution in [-0.4, -0.2) is 0 Å². The van der Waals surface area contributed by atoms with Gasteiger partial charge in [-0.15, -0.1) is 0 Å². The fraction of sp³-hybridized carbons (Fsp3) is 0. The highest BCUT2D eigenvalue weighted by molar-refractivity contribution is 6.07. The first-order valence-corrected chi connectivity index (χ1v) is 7.18. The van der Waals surface area contributed by atoms with E-state index in [4.69, 9.17) is 0 Å². The molecule has 0 fully saturated rings. The van der Waals surface area contributed by atoms with Crippen LogP contribution in [0.1, 0.15) is 0 Å². The first-order valence-electron chi connectivity index (χ1n) is 7.18. The van der Waals surface area contributed by atoms with E-state index in [1.165, 1.54) is 0 Å². The molecule has 0 aromatic heterocycles. The molecule has 0 saturated heterocycles. The summed E-state index contributed by atoms with van der Waals surface area (Å²) >= 11 is 0. The average Bonchev–Trinajstić information content (AvgIpc) is 2.60. The van der Waals surface area contributed by atoms with Crippen LogP contribution in [0.3, 0.4) is 0 Å². The van der Waals surface area contributed by atoms with Crippen LogP contribution >= 0.6 is 0 Å². The van der Waals surface area contributed by atoms with Gasteiger partial charge in [0.25, 0.3) is 0 Å². The van der Waals surface area contributed by atoms with Gasteiger partial charge in [-0.1, -0.05) is 72.8 Å². The predicted molar refractivity (Wildman–Crippen MR) is 88.2 cm³/mol. The van der Waals surface area contributed by atoms with E-state index in [9.17, 15) is 5.26 Å². The maximum absolute atomic E-state index is 11.2. The summed E-state index contributed by atoms with van der Waals surface area (Å²) in [4.78, 5) is 4.41. The van der Waals surface area contributed by atoms with Crippen molar-refractivity contribution >= 4 is 21.5 Å². The molecule has 0 atom stereocenters. The molecule has 0 aliphatic heterocycles. The molecule has 0 heterocycles. The molecule has 0 bridgehead atoms. The SMILES string of the molecule is [O]Oc1ccc2ccccc2c1-c1cccc2ccccc12. The van der Waals surface area contributed by atoms with Crippen molar-refractivity contribution in [3.63, 3.8) is 0 Å². The average molecular weight is 285 g/mol. The van der Waals surface area contributed by atoms with Crippen molar-refractivity contribution in [1.29, 1.82) is 0 Å². The Morgan fingerprint density at radius 2 is 1.23 bits per heavy atom. The fourth-order valence-corrected chi connectivity index (χ4v) is 3.04. The van der Waals surface area contributed by atoms with Crippen molar-refractivity contribution in [3.05, 3.63) is 78.9 Å². The molecule has 0 aliphatic carbocycles. The van der Waals surface area contributed by atoms with Crippen molar-refractivity contribution < 1.29 is 10.1 Å². The number of rotatable bonds is 2. The fourth-order valence-electron chi connectivity index (χ4n) is 3.04. The van der Waals surface area contributed by atoms with Gasteiger partial charge in [-0.3, -0.25) is 0 Å². The summed E-state index contributed by atoms with van der Waals surface area (Å²) in [7, 11) is 0. The van der Waals surface area contributed by atoms with Gasteiger partial charge in [-0.05, 0) is 33.2 Å². The maximum atomic E-state index is 11.2. The van der Waals surface area contributed by atoms with Crippen LogP contribution in [0.2, 0.25) is 0 Å². The van der Waals surface area contributed by atoms with E-state index in [2.05, 4.69) is 23.1 Å². The number of fused-ring (bicyclic) bond motifs is 2. The molecular formula is C20H13O2. The number of hydrogen-bond donors (Lipinski definition) is 0. The Kier molecular flexibility index (Phi) is 3.02. The topological polar surface area (TPSA) is 29.1 Å². The van der Waals surface area contributed by atoms with Gasteiger partial charge in [0.1, 0.15) is 0 Å². The standard InChI is InChI=1S/C20H13O2/c21-22-19-13-12-15-7-2-4-10-17(15)20(19)18-11-5-8-14-6-1-3-9-16(14)18/h1-13H. The van der Waals surface area contributed by atoms with Crippen LogP contribution in [0.25, 0.3) is 32.7 Å². The zero-order chi connectivity index (χ0) is 14.9. The van der Waals surface area contributed by atoms with Crippen molar-refractivity contribution in [1.82, 2.24) is 0 Å². The predicted octanol–water partition coefficient (Wildman–Crippen LogP) is 5.38. The second-order valence-electron chi connectivity index (χ2n) is 5.27. The van der Waals surface area contributed by atoms with E-state index in [0.717, 1.165) is 32.7 Å². The molecular weight excluding hydrogens is 272 g/mol. The first kappa shape index (κ1) is 12.9. The molecule has 0 aliphatic rings.